The molecule has 0 bridgehead atoms. The summed E-state index contributed by atoms with van der Waals surface area (Å²) in [6.07, 6.45) is 5.53. The third-order valence-electron chi connectivity index (χ3n) is 4.18. The van der Waals surface area contributed by atoms with Gasteiger partial charge in [0.15, 0.2) is 0 Å². The molecule has 0 saturated carbocycles. The van der Waals surface area contributed by atoms with Crippen LogP contribution in [0.15, 0.2) is 30.5 Å². The fraction of sp³-hybridized carbons (Fsp3) is 0.389. The van der Waals surface area contributed by atoms with Crippen molar-refractivity contribution in [2.75, 3.05) is 12.4 Å². The molecule has 2 aromatic heterocycles. The predicted molar refractivity (Wildman–Crippen MR) is 96.2 cm³/mol. The van der Waals surface area contributed by atoms with E-state index in [4.69, 9.17) is 4.74 Å². The first-order valence-electron chi connectivity index (χ1n) is 7.73. The van der Waals surface area contributed by atoms with Crippen molar-refractivity contribution in [3.8, 4) is 5.75 Å². The van der Waals surface area contributed by atoms with Gasteiger partial charge in [-0.1, -0.05) is 22.4 Å². The van der Waals surface area contributed by atoms with Gasteiger partial charge in [0.1, 0.15) is 5.75 Å². The van der Waals surface area contributed by atoms with Crippen molar-refractivity contribution in [2.45, 2.75) is 32.7 Å². The minimum atomic E-state index is 0.905. The van der Waals surface area contributed by atoms with E-state index in [1.165, 1.54) is 41.1 Å². The van der Waals surface area contributed by atoms with Gasteiger partial charge in [-0.3, -0.25) is 4.98 Å². The summed E-state index contributed by atoms with van der Waals surface area (Å²) in [5.74, 6) is 0.905. The average Bonchev–Trinajstić information content (AvgIpc) is 2.86. The second-order valence-corrected chi connectivity index (χ2v) is 6.37. The van der Waals surface area contributed by atoms with E-state index >= 15 is 0 Å². The van der Waals surface area contributed by atoms with Crippen LogP contribution in [0.4, 0.5) is 0 Å². The highest BCUT2D eigenvalue weighted by Gasteiger charge is 2.13. The molecule has 3 aromatic rings. The zero-order valence-electron chi connectivity index (χ0n) is 13.1. The number of ether oxygens (including phenoxy) is 1. The molecule has 22 heavy (non-hydrogen) atoms. The monoisotopic (exact) mass is 360 g/mol. The zero-order chi connectivity index (χ0) is 15.5. The summed E-state index contributed by atoms with van der Waals surface area (Å²) in [7, 11) is 1.72. The lowest BCUT2D eigenvalue weighted by atomic mass is 10.1. The van der Waals surface area contributed by atoms with E-state index in [0.717, 1.165) is 23.3 Å². The Morgan fingerprint density at radius 2 is 2.00 bits per heavy atom. The Morgan fingerprint density at radius 3 is 2.77 bits per heavy atom. The van der Waals surface area contributed by atoms with Crippen molar-refractivity contribution in [1.29, 1.82) is 0 Å². The van der Waals surface area contributed by atoms with Crippen molar-refractivity contribution in [2.24, 2.45) is 0 Å². The van der Waals surface area contributed by atoms with Gasteiger partial charge in [-0.2, -0.15) is 0 Å². The van der Waals surface area contributed by atoms with Gasteiger partial charge in [0.25, 0.3) is 0 Å². The molecule has 0 aliphatic rings. The molecule has 0 N–H and O–H groups in total. The number of halogens is 1. The predicted octanol–water partition coefficient (Wildman–Crippen LogP) is 5.07. The Labute approximate surface area is 139 Å². The molecule has 0 amide bonds. The maximum absolute atomic E-state index is 5.41. The number of hydrogen-bond acceptors (Lipinski definition) is 2. The molecular formula is C18H21BrN2O. The van der Waals surface area contributed by atoms with Crippen LogP contribution < -0.4 is 4.74 Å². The standard InChI is InChI=1S/C18H21BrN2O/c1-13-18-16(8-10-20-13)15-7-6-14(22-2)12-17(15)21(18)11-5-3-4-9-19/h6-8,10,12H,3-5,9,11H2,1-2H3. The second-order valence-electron chi connectivity index (χ2n) is 5.58. The SMILES string of the molecule is COc1ccc2c3ccnc(C)c3n(CCCCCBr)c2c1. The highest BCUT2D eigenvalue weighted by atomic mass is 79.9. The largest absolute Gasteiger partial charge is 0.497 e. The number of benzene rings is 1. The van der Waals surface area contributed by atoms with Gasteiger partial charge < -0.3 is 9.30 Å². The van der Waals surface area contributed by atoms with Gasteiger partial charge >= 0.3 is 0 Å². The summed E-state index contributed by atoms with van der Waals surface area (Å²) in [4.78, 5) is 4.49. The number of fused-ring (bicyclic) bond motifs is 3. The lowest BCUT2D eigenvalue weighted by Crippen LogP contribution is -2.00. The van der Waals surface area contributed by atoms with Crippen LogP contribution in [0.25, 0.3) is 21.8 Å². The molecular weight excluding hydrogens is 340 g/mol. The third-order valence-corrected chi connectivity index (χ3v) is 4.74. The van der Waals surface area contributed by atoms with Crippen LogP contribution in [0.2, 0.25) is 0 Å². The maximum Gasteiger partial charge on any atom is 0.120 e. The quantitative estimate of drug-likeness (QED) is 0.453. The molecule has 0 unspecified atom stereocenters. The summed E-state index contributed by atoms with van der Waals surface area (Å²) >= 11 is 3.51. The molecule has 0 saturated heterocycles. The number of aromatic nitrogens is 2. The molecule has 3 nitrogen and oxygen atoms in total. The molecule has 4 heteroatoms. The van der Waals surface area contributed by atoms with Crippen LogP contribution in [0.1, 0.15) is 25.0 Å². The Bertz CT molecular complexity index is 794. The van der Waals surface area contributed by atoms with Crippen molar-refractivity contribution >= 4 is 37.7 Å². The lowest BCUT2D eigenvalue weighted by Gasteiger charge is -2.09. The Balaban J connectivity index is 2.14. The molecule has 2 heterocycles. The number of aryl methyl sites for hydroxylation is 2. The molecule has 116 valence electrons. The van der Waals surface area contributed by atoms with Gasteiger partial charge in [0.2, 0.25) is 0 Å². The first-order chi connectivity index (χ1) is 10.8. The number of nitrogens with zero attached hydrogens (tertiary/aromatic N) is 2. The number of hydrogen-bond donors (Lipinski definition) is 0. The van der Waals surface area contributed by atoms with E-state index in [1.807, 2.05) is 12.3 Å². The van der Waals surface area contributed by atoms with Crippen LogP contribution in [-0.4, -0.2) is 22.0 Å². The highest BCUT2D eigenvalue weighted by molar-refractivity contribution is 9.09. The van der Waals surface area contributed by atoms with Gasteiger partial charge in [-0.05, 0) is 38.0 Å². The van der Waals surface area contributed by atoms with E-state index in [-0.39, 0.29) is 0 Å². The molecule has 0 radical (unpaired) electrons. The summed E-state index contributed by atoms with van der Waals surface area (Å²) in [5, 5.41) is 3.64. The minimum Gasteiger partial charge on any atom is -0.497 e. The van der Waals surface area contributed by atoms with Crippen LogP contribution in [0.5, 0.6) is 5.75 Å². The van der Waals surface area contributed by atoms with E-state index in [0.29, 0.717) is 0 Å². The Hall–Kier alpha value is -1.55. The van der Waals surface area contributed by atoms with Gasteiger partial charge in [0.05, 0.1) is 23.8 Å². The zero-order valence-corrected chi connectivity index (χ0v) is 14.7. The molecule has 0 fully saturated rings. The van der Waals surface area contributed by atoms with E-state index < -0.39 is 0 Å². The molecule has 0 aliphatic carbocycles. The van der Waals surface area contributed by atoms with Gasteiger partial charge in [-0.25, -0.2) is 0 Å². The number of unbranched alkanes of at least 4 members (excludes halogenated alkanes) is 2. The van der Waals surface area contributed by atoms with E-state index in [2.05, 4.69) is 50.6 Å². The van der Waals surface area contributed by atoms with Crippen molar-refractivity contribution in [3.63, 3.8) is 0 Å². The molecule has 0 atom stereocenters. The molecule has 0 spiro atoms. The summed E-state index contributed by atoms with van der Waals surface area (Å²) in [6, 6.07) is 8.45. The number of methoxy groups -OCH3 is 1. The number of alkyl halides is 1. The fourth-order valence-corrected chi connectivity index (χ4v) is 3.50. The lowest BCUT2D eigenvalue weighted by molar-refractivity contribution is 0.415. The normalized spacial score (nSPS) is 11.4. The number of pyridine rings is 1. The first-order valence-corrected chi connectivity index (χ1v) is 8.86. The average molecular weight is 361 g/mol. The summed E-state index contributed by atoms with van der Waals surface area (Å²) < 4.78 is 7.82. The van der Waals surface area contributed by atoms with Crippen molar-refractivity contribution in [3.05, 3.63) is 36.2 Å². The summed E-state index contributed by atoms with van der Waals surface area (Å²) in [5.41, 5.74) is 3.59. The van der Waals surface area contributed by atoms with Crippen LogP contribution in [0, 0.1) is 6.92 Å². The first kappa shape index (κ1) is 15.3. The smallest absolute Gasteiger partial charge is 0.120 e. The van der Waals surface area contributed by atoms with Crippen LogP contribution in [0.3, 0.4) is 0 Å². The van der Waals surface area contributed by atoms with E-state index in [1.54, 1.807) is 7.11 Å². The van der Waals surface area contributed by atoms with E-state index in [9.17, 15) is 0 Å². The van der Waals surface area contributed by atoms with Gasteiger partial charge in [0, 0.05) is 34.9 Å². The highest BCUT2D eigenvalue weighted by Crippen LogP contribution is 2.32. The minimum absolute atomic E-state index is 0.905. The maximum atomic E-state index is 5.41. The van der Waals surface area contributed by atoms with Crippen molar-refractivity contribution < 1.29 is 4.74 Å². The van der Waals surface area contributed by atoms with Crippen LogP contribution in [-0.2, 0) is 6.54 Å². The van der Waals surface area contributed by atoms with Gasteiger partial charge in [-0.15, -0.1) is 0 Å². The van der Waals surface area contributed by atoms with Crippen molar-refractivity contribution in [1.82, 2.24) is 9.55 Å². The fourth-order valence-electron chi connectivity index (χ4n) is 3.10. The Morgan fingerprint density at radius 1 is 1.14 bits per heavy atom. The van der Waals surface area contributed by atoms with Crippen LogP contribution >= 0.6 is 15.9 Å². The second kappa shape index (κ2) is 6.69. The number of rotatable bonds is 6. The summed E-state index contributed by atoms with van der Waals surface area (Å²) in [6.45, 7) is 3.11. The molecule has 1 aromatic carbocycles. The topological polar surface area (TPSA) is 27.1 Å². The molecule has 3 rings (SSSR count). The third kappa shape index (κ3) is 2.72. The Kier molecular flexibility index (Phi) is 4.67. The molecule has 0 aliphatic heterocycles.